The number of nitrogens with two attached hydrogens (primary N) is 1. The van der Waals surface area contributed by atoms with Crippen molar-refractivity contribution in [3.05, 3.63) is 46.5 Å². The molecule has 0 bridgehead atoms. The van der Waals surface area contributed by atoms with Gasteiger partial charge in [-0.15, -0.1) is 10.2 Å². The van der Waals surface area contributed by atoms with Crippen molar-refractivity contribution in [3.8, 4) is 0 Å². The van der Waals surface area contributed by atoms with Crippen molar-refractivity contribution in [1.29, 1.82) is 0 Å². The fourth-order valence-corrected chi connectivity index (χ4v) is 4.98. The average Bonchev–Trinajstić information content (AvgIpc) is 3.16. The van der Waals surface area contributed by atoms with Gasteiger partial charge in [0.05, 0.1) is 6.61 Å². The van der Waals surface area contributed by atoms with Crippen molar-refractivity contribution < 1.29 is 9.53 Å². The maximum Gasteiger partial charge on any atom is 0.292 e. The van der Waals surface area contributed by atoms with Crippen LogP contribution in [0, 0.1) is 0 Å². The van der Waals surface area contributed by atoms with E-state index >= 15 is 0 Å². The molecule has 0 unspecified atom stereocenters. The van der Waals surface area contributed by atoms with Gasteiger partial charge in [-0.1, -0.05) is 23.7 Å². The zero-order valence-corrected chi connectivity index (χ0v) is 17.6. The first-order valence-electron chi connectivity index (χ1n) is 10.3. The van der Waals surface area contributed by atoms with Crippen LogP contribution in [0.4, 0.5) is 0 Å². The molecule has 0 radical (unpaired) electrons. The molecule has 0 spiro atoms. The van der Waals surface area contributed by atoms with Crippen molar-refractivity contribution in [3.63, 3.8) is 0 Å². The van der Waals surface area contributed by atoms with E-state index in [-0.39, 0.29) is 17.4 Å². The lowest BCUT2D eigenvalue weighted by Crippen LogP contribution is -2.51. The van der Waals surface area contributed by atoms with E-state index in [2.05, 4.69) is 16.3 Å². The summed E-state index contributed by atoms with van der Waals surface area (Å²) >= 11 is 6.22. The van der Waals surface area contributed by atoms with E-state index < -0.39 is 0 Å². The van der Waals surface area contributed by atoms with Crippen molar-refractivity contribution >= 4 is 17.5 Å². The number of methoxy groups -OCH3 is 1. The van der Waals surface area contributed by atoms with E-state index in [0.29, 0.717) is 31.9 Å². The molecule has 1 aromatic heterocycles. The second kappa shape index (κ2) is 8.42. The topological polar surface area (TPSA) is 86.3 Å². The van der Waals surface area contributed by atoms with Crippen LogP contribution >= 0.6 is 11.6 Å². The molecule has 7 nitrogen and oxygen atoms in total. The number of carbonyl (C=O) groups is 1. The van der Waals surface area contributed by atoms with Gasteiger partial charge in [-0.2, -0.15) is 0 Å². The first kappa shape index (κ1) is 20.3. The van der Waals surface area contributed by atoms with Crippen molar-refractivity contribution in [2.24, 2.45) is 5.73 Å². The summed E-state index contributed by atoms with van der Waals surface area (Å²) < 4.78 is 7.07. The van der Waals surface area contributed by atoms with Crippen LogP contribution in [0.3, 0.4) is 0 Å². The highest BCUT2D eigenvalue weighted by Crippen LogP contribution is 2.41. The van der Waals surface area contributed by atoms with Gasteiger partial charge >= 0.3 is 0 Å². The third-order valence-electron chi connectivity index (χ3n) is 6.55. The summed E-state index contributed by atoms with van der Waals surface area (Å²) in [5, 5.41) is 9.12. The van der Waals surface area contributed by atoms with E-state index in [0.717, 1.165) is 43.1 Å². The number of fused-ring (bicyclic) bond motifs is 1. The lowest BCUT2D eigenvalue weighted by atomic mass is 9.68. The normalized spacial score (nSPS) is 24.6. The van der Waals surface area contributed by atoms with Gasteiger partial charge in [0.15, 0.2) is 0 Å². The molecular formula is C21H28ClN5O2. The summed E-state index contributed by atoms with van der Waals surface area (Å²) in [6.45, 7) is 2.59. The van der Waals surface area contributed by atoms with E-state index in [9.17, 15) is 4.79 Å². The second-order valence-electron chi connectivity index (χ2n) is 8.06. The number of hydrogen-bond acceptors (Lipinski definition) is 5. The minimum atomic E-state index is -0.0619. The number of nitrogens with zero attached hydrogens (tertiary/aromatic N) is 4. The van der Waals surface area contributed by atoms with Gasteiger partial charge in [0.2, 0.25) is 5.82 Å². The van der Waals surface area contributed by atoms with Crippen LogP contribution in [0.15, 0.2) is 24.3 Å². The van der Waals surface area contributed by atoms with Crippen LogP contribution in [0.25, 0.3) is 0 Å². The Hall–Kier alpha value is -1.96. The molecule has 8 heteroatoms. The van der Waals surface area contributed by atoms with Crippen LogP contribution in [0.1, 0.15) is 47.7 Å². The van der Waals surface area contributed by atoms with Gasteiger partial charge < -0.3 is 19.9 Å². The van der Waals surface area contributed by atoms with E-state index in [1.807, 2.05) is 27.7 Å². The Kier molecular flexibility index (Phi) is 5.90. The third-order valence-corrected chi connectivity index (χ3v) is 6.79. The van der Waals surface area contributed by atoms with Gasteiger partial charge in [-0.25, -0.2) is 0 Å². The zero-order chi connectivity index (χ0) is 20.4. The zero-order valence-electron chi connectivity index (χ0n) is 16.8. The van der Waals surface area contributed by atoms with Gasteiger partial charge in [0, 0.05) is 49.6 Å². The Balaban J connectivity index is 1.46. The molecule has 29 heavy (non-hydrogen) atoms. The molecule has 4 rings (SSSR count). The molecule has 2 aliphatic rings. The molecule has 1 fully saturated rings. The molecule has 2 heterocycles. The minimum absolute atomic E-state index is 0.0135. The van der Waals surface area contributed by atoms with Gasteiger partial charge in [0.1, 0.15) is 5.82 Å². The number of halogens is 1. The highest BCUT2D eigenvalue weighted by Gasteiger charge is 2.40. The minimum Gasteiger partial charge on any atom is -0.384 e. The standard InChI is InChI=1S/C21H28ClN5O2/c1-29-12-7-18-24-25-19-20(28)26(10-11-27(18)19)17-5-8-21(14-23,9-6-17)15-3-2-4-16(22)13-15/h2-4,13,17H,5-12,14,23H2,1H3/t17-,21-. The maximum atomic E-state index is 13.1. The monoisotopic (exact) mass is 417 g/mol. The van der Waals surface area contributed by atoms with Crippen molar-refractivity contribution in [2.45, 2.75) is 50.1 Å². The molecule has 2 aromatic rings. The molecule has 1 aliphatic heterocycles. The number of carbonyl (C=O) groups excluding carboxylic acids is 1. The number of rotatable bonds is 6. The van der Waals surface area contributed by atoms with Gasteiger partial charge in [-0.05, 0) is 43.4 Å². The number of amides is 1. The molecular weight excluding hydrogens is 390 g/mol. The highest BCUT2D eigenvalue weighted by atomic mass is 35.5. The van der Waals surface area contributed by atoms with Crippen LogP contribution in [0.5, 0.6) is 0 Å². The quantitative estimate of drug-likeness (QED) is 0.779. The first-order valence-corrected chi connectivity index (χ1v) is 10.6. The van der Waals surface area contributed by atoms with Crippen molar-refractivity contribution in [2.75, 3.05) is 26.8 Å². The lowest BCUT2D eigenvalue weighted by Gasteiger charge is -2.44. The number of hydrogen-bond donors (Lipinski definition) is 1. The summed E-state index contributed by atoms with van der Waals surface area (Å²) in [6.07, 6.45) is 4.42. The van der Waals surface area contributed by atoms with E-state index in [4.69, 9.17) is 22.1 Å². The Labute approximate surface area is 176 Å². The van der Waals surface area contributed by atoms with Gasteiger partial charge in [-0.3, -0.25) is 4.79 Å². The van der Waals surface area contributed by atoms with E-state index in [1.54, 1.807) is 7.11 Å². The predicted octanol–water partition coefficient (Wildman–Crippen LogP) is 2.42. The Morgan fingerprint density at radius 1 is 1.28 bits per heavy atom. The lowest BCUT2D eigenvalue weighted by molar-refractivity contribution is 0.0520. The van der Waals surface area contributed by atoms with Gasteiger partial charge in [0.25, 0.3) is 5.91 Å². The predicted molar refractivity (Wildman–Crippen MR) is 111 cm³/mol. The summed E-state index contributed by atoms with van der Waals surface area (Å²) in [5.74, 6) is 1.26. The number of benzene rings is 1. The van der Waals surface area contributed by atoms with Crippen LogP contribution < -0.4 is 5.73 Å². The molecule has 2 N–H and O–H groups in total. The Morgan fingerprint density at radius 2 is 2.07 bits per heavy atom. The molecule has 1 aromatic carbocycles. The fraction of sp³-hybridized carbons (Fsp3) is 0.571. The first-order chi connectivity index (χ1) is 14.1. The molecule has 0 atom stereocenters. The average molecular weight is 418 g/mol. The molecule has 1 aliphatic carbocycles. The smallest absolute Gasteiger partial charge is 0.292 e. The van der Waals surface area contributed by atoms with Crippen LogP contribution in [-0.2, 0) is 23.1 Å². The Morgan fingerprint density at radius 3 is 2.76 bits per heavy atom. The highest BCUT2D eigenvalue weighted by molar-refractivity contribution is 6.30. The van der Waals surface area contributed by atoms with Crippen molar-refractivity contribution in [1.82, 2.24) is 19.7 Å². The summed E-state index contributed by atoms with van der Waals surface area (Å²) in [7, 11) is 1.66. The fourth-order valence-electron chi connectivity index (χ4n) is 4.79. The molecule has 1 amide bonds. The molecule has 156 valence electrons. The van der Waals surface area contributed by atoms with Crippen LogP contribution in [-0.4, -0.2) is 58.4 Å². The second-order valence-corrected chi connectivity index (χ2v) is 8.50. The summed E-state index contributed by atoms with van der Waals surface area (Å²) in [5.41, 5.74) is 7.37. The van der Waals surface area contributed by atoms with E-state index in [1.165, 1.54) is 5.56 Å². The molecule has 1 saturated carbocycles. The molecule has 0 saturated heterocycles. The third kappa shape index (κ3) is 3.79. The summed E-state index contributed by atoms with van der Waals surface area (Å²) in [6, 6.07) is 8.25. The SMILES string of the molecule is COCCc1nnc2n1CCN([C@H]1CC[C@](CN)(c3cccc(Cl)c3)CC1)C2=O. The Bertz CT molecular complexity index is 876. The number of aromatic nitrogens is 3. The largest absolute Gasteiger partial charge is 0.384 e. The number of ether oxygens (including phenoxy) is 1. The van der Waals surface area contributed by atoms with Crippen LogP contribution in [0.2, 0.25) is 5.02 Å². The summed E-state index contributed by atoms with van der Waals surface area (Å²) in [4.78, 5) is 15.1. The maximum absolute atomic E-state index is 13.1.